The zero-order valence-corrected chi connectivity index (χ0v) is 7.61. The van der Waals surface area contributed by atoms with Crippen LogP contribution in [0.2, 0.25) is 5.02 Å². The molecule has 0 bridgehead atoms. The molecule has 1 atom stereocenters. The van der Waals surface area contributed by atoms with Crippen LogP contribution in [0.1, 0.15) is 6.42 Å². The third-order valence-electron chi connectivity index (χ3n) is 1.59. The topological polar surface area (TPSA) is 81.1 Å². The molecule has 1 rings (SSSR count). The smallest absolute Gasteiger partial charge is 0.320 e. The van der Waals surface area contributed by atoms with Gasteiger partial charge in [0, 0.05) is 12.7 Å². The van der Waals surface area contributed by atoms with Crippen molar-refractivity contribution in [2.75, 3.05) is 0 Å². The maximum Gasteiger partial charge on any atom is 0.320 e. The van der Waals surface area contributed by atoms with Crippen LogP contribution in [0.25, 0.3) is 0 Å². The summed E-state index contributed by atoms with van der Waals surface area (Å²) in [6.45, 7) is 0.459. The van der Waals surface area contributed by atoms with Gasteiger partial charge in [0.2, 0.25) is 0 Å². The highest BCUT2D eigenvalue weighted by molar-refractivity contribution is 6.30. The molecular formula is C7H10ClN3O2. The Morgan fingerprint density at radius 2 is 2.54 bits per heavy atom. The van der Waals surface area contributed by atoms with Crippen LogP contribution >= 0.6 is 11.6 Å². The summed E-state index contributed by atoms with van der Waals surface area (Å²) in [5.41, 5.74) is 5.30. The van der Waals surface area contributed by atoms with Crippen molar-refractivity contribution < 1.29 is 9.90 Å². The highest BCUT2D eigenvalue weighted by Gasteiger charge is 2.10. The van der Waals surface area contributed by atoms with Gasteiger partial charge in [0.1, 0.15) is 6.04 Å². The van der Waals surface area contributed by atoms with E-state index in [9.17, 15) is 4.79 Å². The maximum atomic E-state index is 10.3. The van der Waals surface area contributed by atoms with Gasteiger partial charge in [-0.2, -0.15) is 5.10 Å². The number of halogens is 1. The highest BCUT2D eigenvalue weighted by Crippen LogP contribution is 2.05. The first-order valence-electron chi connectivity index (χ1n) is 3.76. The van der Waals surface area contributed by atoms with Crippen molar-refractivity contribution in [1.29, 1.82) is 0 Å². The molecule has 1 aromatic heterocycles. The van der Waals surface area contributed by atoms with E-state index in [-0.39, 0.29) is 0 Å². The van der Waals surface area contributed by atoms with Crippen molar-refractivity contribution in [1.82, 2.24) is 9.78 Å². The normalized spacial score (nSPS) is 12.8. The summed E-state index contributed by atoms with van der Waals surface area (Å²) in [4.78, 5) is 10.3. The average molecular weight is 204 g/mol. The Kier molecular flexibility index (Phi) is 3.27. The van der Waals surface area contributed by atoms with Crippen LogP contribution in [0.4, 0.5) is 0 Å². The third-order valence-corrected chi connectivity index (χ3v) is 1.78. The predicted octanol–water partition coefficient (Wildman–Crippen LogP) is 0.338. The van der Waals surface area contributed by atoms with Gasteiger partial charge in [0.15, 0.2) is 0 Å². The molecule has 0 aliphatic carbocycles. The number of carboxylic acids is 1. The Labute approximate surface area is 80.1 Å². The zero-order valence-electron chi connectivity index (χ0n) is 6.85. The Hall–Kier alpha value is -1.07. The minimum atomic E-state index is -1.00. The molecule has 13 heavy (non-hydrogen) atoms. The summed E-state index contributed by atoms with van der Waals surface area (Å²) in [6, 6.07) is -0.844. The molecule has 0 fully saturated rings. The molecule has 0 saturated heterocycles. The lowest BCUT2D eigenvalue weighted by molar-refractivity contribution is -0.138. The van der Waals surface area contributed by atoms with Crippen molar-refractivity contribution in [3.8, 4) is 0 Å². The Morgan fingerprint density at radius 3 is 3.00 bits per heavy atom. The summed E-state index contributed by atoms with van der Waals surface area (Å²) >= 11 is 5.61. The number of carbonyl (C=O) groups is 1. The van der Waals surface area contributed by atoms with E-state index in [0.29, 0.717) is 18.0 Å². The van der Waals surface area contributed by atoms with Gasteiger partial charge in [-0.1, -0.05) is 11.6 Å². The Balaban J connectivity index is 2.39. The first-order chi connectivity index (χ1) is 6.09. The molecule has 3 N–H and O–H groups in total. The van der Waals surface area contributed by atoms with E-state index in [1.807, 2.05) is 0 Å². The van der Waals surface area contributed by atoms with Gasteiger partial charge in [0.05, 0.1) is 11.2 Å². The number of aromatic nitrogens is 2. The van der Waals surface area contributed by atoms with Crippen LogP contribution in [0.3, 0.4) is 0 Å². The lowest BCUT2D eigenvalue weighted by Crippen LogP contribution is -2.31. The van der Waals surface area contributed by atoms with Crippen LogP contribution < -0.4 is 5.73 Å². The third kappa shape index (κ3) is 3.04. The van der Waals surface area contributed by atoms with E-state index in [1.165, 1.54) is 6.20 Å². The van der Waals surface area contributed by atoms with Crippen molar-refractivity contribution in [2.45, 2.75) is 19.0 Å². The largest absolute Gasteiger partial charge is 0.480 e. The fourth-order valence-corrected chi connectivity index (χ4v) is 1.01. The van der Waals surface area contributed by atoms with Crippen molar-refractivity contribution in [2.24, 2.45) is 5.73 Å². The molecule has 0 aliphatic rings. The van der Waals surface area contributed by atoms with Gasteiger partial charge < -0.3 is 10.8 Å². The second kappa shape index (κ2) is 4.25. The quantitative estimate of drug-likeness (QED) is 0.740. The highest BCUT2D eigenvalue weighted by atomic mass is 35.5. The minimum absolute atomic E-state index is 0.341. The lowest BCUT2D eigenvalue weighted by atomic mass is 10.2. The van der Waals surface area contributed by atoms with Crippen LogP contribution in [0, 0.1) is 0 Å². The SMILES string of the molecule is N[C@@H](CCn1cc(Cl)cn1)C(=O)O. The molecule has 0 radical (unpaired) electrons. The summed E-state index contributed by atoms with van der Waals surface area (Å²) in [7, 11) is 0. The van der Waals surface area contributed by atoms with Crippen LogP contribution in [0.5, 0.6) is 0 Å². The van der Waals surface area contributed by atoms with Crippen molar-refractivity contribution in [3.05, 3.63) is 17.4 Å². The van der Waals surface area contributed by atoms with Crippen LogP contribution in [0.15, 0.2) is 12.4 Å². The van der Waals surface area contributed by atoms with Gasteiger partial charge in [-0.25, -0.2) is 0 Å². The number of nitrogens with zero attached hydrogens (tertiary/aromatic N) is 2. The number of aryl methyl sites for hydroxylation is 1. The second-order valence-electron chi connectivity index (χ2n) is 2.66. The first-order valence-corrected chi connectivity index (χ1v) is 4.13. The first kappa shape index (κ1) is 10.0. The van der Waals surface area contributed by atoms with E-state index in [4.69, 9.17) is 22.4 Å². The molecule has 5 nitrogen and oxygen atoms in total. The zero-order chi connectivity index (χ0) is 9.84. The van der Waals surface area contributed by atoms with Gasteiger partial charge in [0.25, 0.3) is 0 Å². The van der Waals surface area contributed by atoms with E-state index in [0.717, 1.165) is 0 Å². The molecule has 0 aliphatic heterocycles. The van der Waals surface area contributed by atoms with Crippen molar-refractivity contribution in [3.63, 3.8) is 0 Å². The molecule has 72 valence electrons. The molecule has 6 heteroatoms. The molecule has 1 heterocycles. The molecule has 1 aromatic rings. The van der Waals surface area contributed by atoms with E-state index in [2.05, 4.69) is 5.10 Å². The molecule has 0 amide bonds. The fourth-order valence-electron chi connectivity index (χ4n) is 0.855. The second-order valence-corrected chi connectivity index (χ2v) is 3.09. The molecule has 0 unspecified atom stereocenters. The van der Waals surface area contributed by atoms with Gasteiger partial charge in [-0.3, -0.25) is 9.48 Å². The standard InChI is InChI=1S/C7H10ClN3O2/c8-5-3-10-11(4-5)2-1-6(9)7(12)13/h3-4,6H,1-2,9H2,(H,12,13)/t6-/m0/s1. The Bertz CT molecular complexity index is 300. The number of nitrogens with two attached hydrogens (primary N) is 1. The van der Waals surface area contributed by atoms with E-state index < -0.39 is 12.0 Å². The van der Waals surface area contributed by atoms with E-state index in [1.54, 1.807) is 10.9 Å². The minimum Gasteiger partial charge on any atom is -0.480 e. The van der Waals surface area contributed by atoms with Crippen LogP contribution in [-0.2, 0) is 11.3 Å². The van der Waals surface area contributed by atoms with Crippen molar-refractivity contribution >= 4 is 17.6 Å². The molecule has 0 aromatic carbocycles. The number of hydrogen-bond donors (Lipinski definition) is 2. The summed E-state index contributed by atoms with van der Waals surface area (Å²) < 4.78 is 1.56. The average Bonchev–Trinajstić information content (AvgIpc) is 2.47. The fraction of sp³-hybridized carbons (Fsp3) is 0.429. The summed E-state index contributed by atoms with van der Waals surface area (Å²) in [5.74, 6) is -1.00. The summed E-state index contributed by atoms with van der Waals surface area (Å²) in [6.07, 6.45) is 3.46. The van der Waals surface area contributed by atoms with Crippen LogP contribution in [-0.4, -0.2) is 26.9 Å². The number of aliphatic carboxylic acids is 1. The summed E-state index contributed by atoms with van der Waals surface area (Å²) in [5, 5.41) is 12.9. The molecule has 0 spiro atoms. The number of rotatable bonds is 4. The lowest BCUT2D eigenvalue weighted by Gasteiger charge is -2.05. The monoisotopic (exact) mass is 203 g/mol. The number of carboxylic acid groups (broad SMARTS) is 1. The predicted molar refractivity (Wildman–Crippen MR) is 47.5 cm³/mol. The van der Waals surface area contributed by atoms with Gasteiger partial charge in [-0.05, 0) is 6.42 Å². The molecule has 0 saturated carbocycles. The number of hydrogen-bond acceptors (Lipinski definition) is 3. The Morgan fingerprint density at radius 1 is 1.85 bits per heavy atom. The van der Waals surface area contributed by atoms with Gasteiger partial charge in [-0.15, -0.1) is 0 Å². The van der Waals surface area contributed by atoms with Gasteiger partial charge >= 0.3 is 5.97 Å². The van der Waals surface area contributed by atoms with E-state index >= 15 is 0 Å². The molecular weight excluding hydrogens is 194 g/mol. The maximum absolute atomic E-state index is 10.3.